The Balaban J connectivity index is 2.20. The molecule has 0 aliphatic heterocycles. The molecule has 0 aliphatic rings. The van der Waals surface area contributed by atoms with Crippen LogP contribution in [0.2, 0.25) is 0 Å². The highest BCUT2D eigenvalue weighted by Crippen LogP contribution is 2.30. The normalized spacial score (nSPS) is 10.4. The molecule has 0 amide bonds. The van der Waals surface area contributed by atoms with Gasteiger partial charge in [-0.15, -0.1) is 0 Å². The molecule has 2 aromatic rings. The van der Waals surface area contributed by atoms with Crippen LogP contribution < -0.4 is 0 Å². The Labute approximate surface area is 111 Å². The molecule has 1 nitrogen and oxygen atoms in total. The molecule has 1 N–H and O–H groups in total. The van der Waals surface area contributed by atoms with Gasteiger partial charge in [0, 0.05) is 13.4 Å². The number of hydrogen-bond acceptors (Lipinski definition) is 2. The summed E-state index contributed by atoms with van der Waals surface area (Å²) in [4.78, 5) is 1.82. The monoisotopic (exact) mass is 346 g/mol. The van der Waals surface area contributed by atoms with Crippen LogP contribution >= 0.6 is 34.4 Å². The quantitative estimate of drug-likeness (QED) is 0.819. The van der Waals surface area contributed by atoms with Gasteiger partial charge in [0.15, 0.2) is 0 Å². The minimum atomic E-state index is -0.204. The number of aromatic hydroxyl groups is 1. The van der Waals surface area contributed by atoms with E-state index in [0.29, 0.717) is 3.57 Å². The molecule has 0 saturated carbocycles. The second-order valence-electron chi connectivity index (χ2n) is 3.17. The molecule has 0 fully saturated rings. The van der Waals surface area contributed by atoms with Crippen LogP contribution in [0.4, 0.5) is 4.39 Å². The lowest BCUT2D eigenvalue weighted by Gasteiger charge is -2.02. The van der Waals surface area contributed by atoms with Crippen molar-refractivity contribution >= 4 is 34.4 Å². The summed E-state index contributed by atoms with van der Waals surface area (Å²) < 4.78 is 13.9. The second kappa shape index (κ2) is 5.05. The Hall–Kier alpha value is -0.750. The molecule has 0 aliphatic carbocycles. The van der Waals surface area contributed by atoms with E-state index in [1.807, 2.05) is 28.7 Å². The fourth-order valence-corrected chi connectivity index (χ4v) is 2.37. The topological polar surface area (TPSA) is 20.2 Å². The third-order valence-corrected chi connectivity index (χ3v) is 3.84. The highest BCUT2D eigenvalue weighted by Gasteiger charge is 2.02. The molecular weight excluding hydrogens is 338 g/mol. The number of phenols is 1. The van der Waals surface area contributed by atoms with Crippen LogP contribution in [0, 0.1) is 9.39 Å². The van der Waals surface area contributed by atoms with Crippen molar-refractivity contribution < 1.29 is 9.50 Å². The molecule has 0 unspecified atom stereocenters. The fourth-order valence-electron chi connectivity index (χ4n) is 1.19. The average molecular weight is 346 g/mol. The van der Waals surface area contributed by atoms with Crippen LogP contribution in [0.15, 0.2) is 52.3 Å². The summed E-state index contributed by atoms with van der Waals surface area (Å²) in [5.74, 6) is 0.0301. The lowest BCUT2D eigenvalue weighted by Crippen LogP contribution is -1.81. The predicted molar refractivity (Wildman–Crippen MR) is 71.3 cm³/mol. The van der Waals surface area contributed by atoms with Crippen molar-refractivity contribution in [2.24, 2.45) is 0 Å². The van der Waals surface area contributed by atoms with Crippen LogP contribution in [-0.2, 0) is 0 Å². The minimum absolute atomic E-state index is 0.204. The van der Waals surface area contributed by atoms with E-state index in [0.717, 1.165) is 9.79 Å². The summed E-state index contributed by atoms with van der Waals surface area (Å²) in [5, 5.41) is 9.13. The van der Waals surface area contributed by atoms with Gasteiger partial charge in [-0.25, -0.2) is 4.39 Å². The van der Waals surface area contributed by atoms with Crippen LogP contribution in [0.5, 0.6) is 5.75 Å². The first-order valence-corrected chi connectivity index (χ1v) is 6.46. The van der Waals surface area contributed by atoms with Crippen LogP contribution in [-0.4, -0.2) is 5.11 Å². The number of benzene rings is 2. The van der Waals surface area contributed by atoms with E-state index in [1.54, 1.807) is 30.3 Å². The van der Waals surface area contributed by atoms with Crippen LogP contribution in [0.25, 0.3) is 0 Å². The molecule has 2 rings (SSSR count). The van der Waals surface area contributed by atoms with E-state index in [-0.39, 0.29) is 11.6 Å². The molecule has 0 bridgehead atoms. The summed E-state index contributed by atoms with van der Waals surface area (Å²) in [6.07, 6.45) is 0. The highest BCUT2D eigenvalue weighted by molar-refractivity contribution is 14.1. The van der Waals surface area contributed by atoms with Crippen molar-refractivity contribution in [3.8, 4) is 5.75 Å². The molecule has 0 aromatic heterocycles. The van der Waals surface area contributed by atoms with Gasteiger partial charge in [-0.3, -0.25) is 0 Å². The Bertz CT molecular complexity index is 499. The van der Waals surface area contributed by atoms with Crippen molar-refractivity contribution in [1.29, 1.82) is 0 Å². The molecule has 0 saturated heterocycles. The highest BCUT2D eigenvalue weighted by atomic mass is 127. The molecule has 4 heteroatoms. The third-order valence-electron chi connectivity index (χ3n) is 1.96. The molecule has 2 aromatic carbocycles. The lowest BCUT2D eigenvalue weighted by molar-refractivity contribution is 0.475. The molecule has 82 valence electrons. The van der Waals surface area contributed by atoms with E-state index in [9.17, 15) is 4.39 Å². The van der Waals surface area contributed by atoms with Crippen molar-refractivity contribution in [2.45, 2.75) is 9.79 Å². The zero-order chi connectivity index (χ0) is 11.5. The summed E-state index contributed by atoms with van der Waals surface area (Å²) in [6.45, 7) is 0. The van der Waals surface area contributed by atoms with E-state index < -0.39 is 0 Å². The maximum atomic E-state index is 13.3. The van der Waals surface area contributed by atoms with E-state index in [4.69, 9.17) is 5.11 Å². The van der Waals surface area contributed by atoms with Gasteiger partial charge in [0.05, 0.1) is 0 Å². The number of halogens is 2. The molecule has 0 heterocycles. The van der Waals surface area contributed by atoms with E-state index in [2.05, 4.69) is 0 Å². The van der Waals surface area contributed by atoms with Gasteiger partial charge in [-0.1, -0.05) is 11.8 Å². The Kier molecular flexibility index (Phi) is 3.70. The number of phenolic OH excluding ortho intramolecular Hbond substituents is 1. The standard InChI is InChI=1S/C12H8FIOS/c13-11-7-10(5-6-12(11)14)16-9-3-1-8(15)2-4-9/h1-7,15H. The first kappa shape index (κ1) is 11.7. The number of rotatable bonds is 2. The van der Waals surface area contributed by atoms with E-state index in [1.165, 1.54) is 17.8 Å². The van der Waals surface area contributed by atoms with Crippen LogP contribution in [0.1, 0.15) is 0 Å². The first-order chi connectivity index (χ1) is 7.65. The van der Waals surface area contributed by atoms with Gasteiger partial charge in [0.25, 0.3) is 0 Å². The molecular formula is C12H8FIOS. The van der Waals surface area contributed by atoms with Crippen molar-refractivity contribution in [3.63, 3.8) is 0 Å². The van der Waals surface area contributed by atoms with Gasteiger partial charge in [-0.2, -0.15) is 0 Å². The molecule has 16 heavy (non-hydrogen) atoms. The minimum Gasteiger partial charge on any atom is -0.508 e. The maximum Gasteiger partial charge on any atom is 0.137 e. The summed E-state index contributed by atoms with van der Waals surface area (Å²) in [5.41, 5.74) is 0. The Morgan fingerprint density at radius 3 is 2.25 bits per heavy atom. The van der Waals surface area contributed by atoms with Gasteiger partial charge in [-0.05, 0) is 65.1 Å². The average Bonchev–Trinajstić information content (AvgIpc) is 2.27. The van der Waals surface area contributed by atoms with Crippen molar-refractivity contribution in [1.82, 2.24) is 0 Å². The zero-order valence-electron chi connectivity index (χ0n) is 8.15. The Morgan fingerprint density at radius 1 is 1.00 bits per heavy atom. The zero-order valence-corrected chi connectivity index (χ0v) is 11.1. The van der Waals surface area contributed by atoms with Crippen LogP contribution in [0.3, 0.4) is 0 Å². The van der Waals surface area contributed by atoms with Crippen molar-refractivity contribution in [3.05, 3.63) is 51.9 Å². The summed E-state index contributed by atoms with van der Waals surface area (Å²) in [7, 11) is 0. The Morgan fingerprint density at radius 2 is 1.62 bits per heavy atom. The van der Waals surface area contributed by atoms with Gasteiger partial charge in [0.1, 0.15) is 11.6 Å². The summed E-state index contributed by atoms with van der Waals surface area (Å²) in [6, 6.07) is 12.0. The van der Waals surface area contributed by atoms with Crippen molar-refractivity contribution in [2.75, 3.05) is 0 Å². The first-order valence-electron chi connectivity index (χ1n) is 4.57. The summed E-state index contributed by atoms with van der Waals surface area (Å²) >= 11 is 3.42. The van der Waals surface area contributed by atoms with Gasteiger partial charge in [0.2, 0.25) is 0 Å². The fraction of sp³-hybridized carbons (Fsp3) is 0. The number of hydrogen-bond donors (Lipinski definition) is 1. The molecule has 0 radical (unpaired) electrons. The van der Waals surface area contributed by atoms with Gasteiger partial charge >= 0.3 is 0 Å². The second-order valence-corrected chi connectivity index (χ2v) is 5.48. The van der Waals surface area contributed by atoms with Gasteiger partial charge < -0.3 is 5.11 Å². The predicted octanol–water partition coefficient (Wildman–Crippen LogP) is 4.29. The lowest BCUT2D eigenvalue weighted by atomic mass is 10.3. The third kappa shape index (κ3) is 2.89. The molecule has 0 atom stereocenters. The maximum absolute atomic E-state index is 13.3. The largest absolute Gasteiger partial charge is 0.508 e. The smallest absolute Gasteiger partial charge is 0.137 e. The molecule has 0 spiro atoms. The van der Waals surface area contributed by atoms with E-state index >= 15 is 0 Å². The SMILES string of the molecule is Oc1ccc(Sc2ccc(I)c(F)c2)cc1.